The minimum absolute atomic E-state index is 0.0922. The van der Waals surface area contributed by atoms with Crippen LogP contribution < -0.4 is 5.73 Å². The lowest BCUT2D eigenvalue weighted by Crippen LogP contribution is -2.44. The summed E-state index contributed by atoms with van der Waals surface area (Å²) in [6.45, 7) is 0. The molecule has 0 bridgehead atoms. The van der Waals surface area contributed by atoms with Gasteiger partial charge in [-0.3, -0.25) is 0 Å². The maximum absolute atomic E-state index is 11.5. The fraction of sp³-hybridized carbons (Fsp3) is 0.231. The maximum atomic E-state index is 11.5. The first-order chi connectivity index (χ1) is 7.92. The Labute approximate surface area is 102 Å². The molecule has 1 aliphatic carbocycles. The molecule has 4 heteroatoms. The Morgan fingerprint density at radius 1 is 1.12 bits per heavy atom. The maximum Gasteiger partial charge on any atom is 0.173 e. The zero-order chi connectivity index (χ0) is 12.5. The van der Waals surface area contributed by atoms with Crippen LogP contribution >= 0.6 is 0 Å². The fourth-order valence-corrected chi connectivity index (χ4v) is 2.42. The highest BCUT2D eigenvalue weighted by molar-refractivity contribution is 7.92. The molecule has 0 fully saturated rings. The second kappa shape index (κ2) is 4.13. The van der Waals surface area contributed by atoms with Crippen molar-refractivity contribution < 1.29 is 8.42 Å². The van der Waals surface area contributed by atoms with Crippen molar-refractivity contribution in [1.29, 1.82) is 0 Å². The number of hydrogen-bond acceptors (Lipinski definition) is 3. The lowest BCUT2D eigenvalue weighted by molar-refractivity contribution is 0.581. The summed E-state index contributed by atoms with van der Waals surface area (Å²) in [5.74, 6) is 0.0922. The van der Waals surface area contributed by atoms with Gasteiger partial charge in [0.2, 0.25) is 0 Å². The van der Waals surface area contributed by atoms with Crippen LogP contribution in [0.5, 0.6) is 0 Å². The Balaban J connectivity index is 2.28. The van der Waals surface area contributed by atoms with Crippen LogP contribution in [-0.2, 0) is 9.84 Å². The number of benzene rings is 1. The van der Waals surface area contributed by atoms with Gasteiger partial charge in [-0.15, -0.1) is 0 Å². The molecular weight excluding hydrogens is 234 g/mol. The molecule has 0 spiro atoms. The molecule has 90 valence electrons. The van der Waals surface area contributed by atoms with Crippen molar-refractivity contribution >= 4 is 9.84 Å². The smallest absolute Gasteiger partial charge is 0.173 e. The Hall–Kier alpha value is -1.39. The standard InChI is InChI=1S/C13H15NO2S/c1-17(15,16)13(14)9-7-12(8-10-13)11-5-3-2-4-6-11/h2-10,12H,14H2,1H3. The minimum atomic E-state index is -3.33. The van der Waals surface area contributed by atoms with E-state index in [1.165, 1.54) is 0 Å². The van der Waals surface area contributed by atoms with Crippen LogP contribution in [0.4, 0.5) is 0 Å². The van der Waals surface area contributed by atoms with Crippen LogP contribution in [0.15, 0.2) is 54.6 Å². The number of sulfone groups is 1. The highest BCUT2D eigenvalue weighted by atomic mass is 32.2. The normalized spacial score (nSPS) is 28.2. The van der Waals surface area contributed by atoms with Crippen LogP contribution in [0.3, 0.4) is 0 Å². The van der Waals surface area contributed by atoms with Gasteiger partial charge in [0.05, 0.1) is 0 Å². The highest BCUT2D eigenvalue weighted by Crippen LogP contribution is 2.27. The van der Waals surface area contributed by atoms with Gasteiger partial charge in [0.15, 0.2) is 14.7 Å². The van der Waals surface area contributed by atoms with E-state index in [4.69, 9.17) is 5.73 Å². The molecule has 2 N–H and O–H groups in total. The summed E-state index contributed by atoms with van der Waals surface area (Å²) in [7, 11) is -3.33. The van der Waals surface area contributed by atoms with Gasteiger partial charge < -0.3 is 5.73 Å². The van der Waals surface area contributed by atoms with Crippen molar-refractivity contribution in [3.8, 4) is 0 Å². The van der Waals surface area contributed by atoms with E-state index in [2.05, 4.69) is 0 Å². The molecule has 0 atom stereocenters. The first kappa shape index (κ1) is 12.1. The van der Waals surface area contributed by atoms with E-state index >= 15 is 0 Å². The van der Waals surface area contributed by atoms with E-state index in [1.54, 1.807) is 12.2 Å². The molecule has 0 unspecified atom stereocenters. The molecule has 0 heterocycles. The summed E-state index contributed by atoms with van der Waals surface area (Å²) in [4.78, 5) is -1.36. The van der Waals surface area contributed by atoms with Gasteiger partial charge in [-0.05, 0) is 17.7 Å². The largest absolute Gasteiger partial charge is 0.306 e. The van der Waals surface area contributed by atoms with E-state index in [-0.39, 0.29) is 5.92 Å². The van der Waals surface area contributed by atoms with Gasteiger partial charge in [0.1, 0.15) is 0 Å². The molecule has 0 saturated heterocycles. The third-order valence-corrected chi connectivity index (χ3v) is 4.51. The zero-order valence-corrected chi connectivity index (χ0v) is 10.4. The van der Waals surface area contributed by atoms with Crippen LogP contribution in [0, 0.1) is 0 Å². The molecule has 1 aromatic rings. The van der Waals surface area contributed by atoms with Crippen LogP contribution in [0.25, 0.3) is 0 Å². The summed E-state index contributed by atoms with van der Waals surface area (Å²) in [6, 6.07) is 9.87. The van der Waals surface area contributed by atoms with Crippen LogP contribution in [0.1, 0.15) is 11.5 Å². The molecule has 0 saturated carbocycles. The summed E-state index contributed by atoms with van der Waals surface area (Å²) in [5, 5.41) is 0. The minimum Gasteiger partial charge on any atom is -0.306 e. The molecule has 0 radical (unpaired) electrons. The van der Waals surface area contributed by atoms with Crippen molar-refractivity contribution in [3.63, 3.8) is 0 Å². The predicted octanol–water partition coefficient (Wildman–Crippen LogP) is 1.60. The van der Waals surface area contributed by atoms with Gasteiger partial charge in [0.25, 0.3) is 0 Å². The summed E-state index contributed by atoms with van der Waals surface area (Å²) < 4.78 is 23.0. The Morgan fingerprint density at radius 3 is 2.12 bits per heavy atom. The monoisotopic (exact) mass is 249 g/mol. The van der Waals surface area contributed by atoms with E-state index in [1.807, 2.05) is 42.5 Å². The van der Waals surface area contributed by atoms with Gasteiger partial charge in [-0.2, -0.15) is 0 Å². The van der Waals surface area contributed by atoms with Gasteiger partial charge in [-0.1, -0.05) is 42.5 Å². The molecule has 17 heavy (non-hydrogen) atoms. The number of rotatable bonds is 2. The average Bonchev–Trinajstić information content (AvgIpc) is 2.30. The summed E-state index contributed by atoms with van der Waals surface area (Å²) in [5.41, 5.74) is 6.94. The van der Waals surface area contributed by atoms with Gasteiger partial charge in [0, 0.05) is 12.2 Å². The van der Waals surface area contributed by atoms with E-state index in [0.29, 0.717) is 0 Å². The topological polar surface area (TPSA) is 60.2 Å². The average molecular weight is 249 g/mol. The SMILES string of the molecule is CS(=O)(=O)C1(N)C=CC(c2ccccc2)C=C1. The number of nitrogens with two attached hydrogens (primary N) is 1. The number of hydrogen-bond donors (Lipinski definition) is 1. The third kappa shape index (κ3) is 2.33. The van der Waals surface area contributed by atoms with E-state index in [0.717, 1.165) is 11.8 Å². The molecule has 2 rings (SSSR count). The summed E-state index contributed by atoms with van der Waals surface area (Å²) >= 11 is 0. The molecule has 1 aliphatic rings. The Bertz CT molecular complexity index is 544. The predicted molar refractivity (Wildman–Crippen MR) is 69.2 cm³/mol. The molecule has 1 aromatic carbocycles. The highest BCUT2D eigenvalue weighted by Gasteiger charge is 2.33. The van der Waals surface area contributed by atoms with E-state index in [9.17, 15) is 8.42 Å². The second-order valence-electron chi connectivity index (χ2n) is 4.28. The Kier molecular flexibility index (Phi) is 2.93. The molecule has 3 nitrogen and oxygen atoms in total. The molecular formula is C13H15NO2S. The third-order valence-electron chi connectivity index (χ3n) is 2.95. The van der Waals surface area contributed by atoms with Gasteiger partial charge in [-0.25, -0.2) is 8.42 Å². The van der Waals surface area contributed by atoms with Crippen molar-refractivity contribution in [3.05, 3.63) is 60.2 Å². The molecule has 0 aromatic heterocycles. The first-order valence-corrected chi connectivity index (χ1v) is 7.24. The lowest BCUT2D eigenvalue weighted by Gasteiger charge is -2.25. The van der Waals surface area contributed by atoms with Crippen LogP contribution in [0.2, 0.25) is 0 Å². The van der Waals surface area contributed by atoms with Crippen molar-refractivity contribution in [2.75, 3.05) is 6.26 Å². The Morgan fingerprint density at radius 2 is 1.65 bits per heavy atom. The quantitative estimate of drug-likeness (QED) is 0.810. The number of allylic oxidation sites excluding steroid dienone is 2. The fourth-order valence-electron chi connectivity index (χ4n) is 1.77. The zero-order valence-electron chi connectivity index (χ0n) is 9.58. The van der Waals surface area contributed by atoms with Crippen molar-refractivity contribution in [2.45, 2.75) is 10.8 Å². The first-order valence-electron chi connectivity index (χ1n) is 5.34. The van der Waals surface area contributed by atoms with Crippen molar-refractivity contribution in [1.82, 2.24) is 0 Å². The summed E-state index contributed by atoms with van der Waals surface area (Å²) in [6.07, 6.45) is 7.91. The lowest BCUT2D eigenvalue weighted by atomic mass is 9.93. The van der Waals surface area contributed by atoms with Gasteiger partial charge >= 0.3 is 0 Å². The van der Waals surface area contributed by atoms with Crippen molar-refractivity contribution in [2.24, 2.45) is 5.73 Å². The van der Waals surface area contributed by atoms with E-state index < -0.39 is 14.7 Å². The van der Waals surface area contributed by atoms with Crippen LogP contribution in [-0.4, -0.2) is 19.5 Å². The molecule has 0 aliphatic heterocycles. The second-order valence-corrected chi connectivity index (χ2v) is 6.53. The molecule has 0 amide bonds.